The highest BCUT2D eigenvalue weighted by Crippen LogP contribution is 2.20. The Kier molecular flexibility index (Phi) is 5.27. The lowest BCUT2D eigenvalue weighted by Gasteiger charge is -2.19. The summed E-state index contributed by atoms with van der Waals surface area (Å²) in [6.45, 7) is 4.69. The lowest BCUT2D eigenvalue weighted by molar-refractivity contribution is -0.385. The zero-order chi connectivity index (χ0) is 13.7. The molecule has 1 aromatic rings. The standard InChI is InChI=1S/C12H15BrN2O3/c1-3-14(7-6-13)12(16)10-5-4-9(2)11(8-10)15(17)18/h4-5,8H,3,6-7H2,1-2H3. The largest absolute Gasteiger partial charge is 0.338 e. The van der Waals surface area contributed by atoms with Gasteiger partial charge >= 0.3 is 0 Å². The van der Waals surface area contributed by atoms with Crippen LogP contribution in [0.25, 0.3) is 0 Å². The molecule has 0 saturated carbocycles. The summed E-state index contributed by atoms with van der Waals surface area (Å²) in [5.74, 6) is -0.181. The highest BCUT2D eigenvalue weighted by Gasteiger charge is 2.18. The Morgan fingerprint density at radius 1 is 1.50 bits per heavy atom. The van der Waals surface area contributed by atoms with Gasteiger partial charge in [0, 0.05) is 35.6 Å². The van der Waals surface area contributed by atoms with Crippen LogP contribution in [0.4, 0.5) is 5.69 Å². The first kappa shape index (κ1) is 14.6. The molecule has 1 amide bonds. The summed E-state index contributed by atoms with van der Waals surface area (Å²) in [5.41, 5.74) is 0.894. The maximum atomic E-state index is 12.1. The molecular weight excluding hydrogens is 300 g/mol. The zero-order valence-electron chi connectivity index (χ0n) is 10.4. The molecule has 0 heterocycles. The van der Waals surface area contributed by atoms with E-state index < -0.39 is 4.92 Å². The Morgan fingerprint density at radius 2 is 2.17 bits per heavy atom. The molecule has 0 aromatic heterocycles. The zero-order valence-corrected chi connectivity index (χ0v) is 11.9. The molecule has 0 aliphatic rings. The molecule has 5 nitrogen and oxygen atoms in total. The lowest BCUT2D eigenvalue weighted by Crippen LogP contribution is -2.32. The molecule has 0 N–H and O–H groups in total. The average molecular weight is 315 g/mol. The van der Waals surface area contributed by atoms with Crippen LogP contribution >= 0.6 is 15.9 Å². The van der Waals surface area contributed by atoms with E-state index in [-0.39, 0.29) is 11.6 Å². The van der Waals surface area contributed by atoms with E-state index in [0.29, 0.717) is 29.5 Å². The third kappa shape index (κ3) is 3.29. The number of halogens is 1. The number of nitro groups is 1. The summed E-state index contributed by atoms with van der Waals surface area (Å²) >= 11 is 3.28. The number of nitro benzene ring substituents is 1. The SMILES string of the molecule is CCN(CCBr)C(=O)c1ccc(C)c([N+](=O)[O-])c1. The number of nitrogens with zero attached hydrogens (tertiary/aromatic N) is 2. The van der Waals surface area contributed by atoms with Crippen LogP contribution in [0.1, 0.15) is 22.8 Å². The Morgan fingerprint density at radius 3 is 2.67 bits per heavy atom. The van der Waals surface area contributed by atoms with E-state index in [4.69, 9.17) is 0 Å². The molecule has 0 bridgehead atoms. The first-order chi connectivity index (χ1) is 8.51. The normalized spacial score (nSPS) is 10.2. The number of amides is 1. The molecule has 0 aliphatic carbocycles. The number of carbonyl (C=O) groups excluding carboxylic acids is 1. The summed E-state index contributed by atoms with van der Waals surface area (Å²) in [5, 5.41) is 11.5. The predicted octanol–water partition coefficient (Wildman–Crippen LogP) is 2.76. The summed E-state index contributed by atoms with van der Waals surface area (Å²) in [6, 6.07) is 4.57. The van der Waals surface area contributed by atoms with Crippen LogP contribution in [0.5, 0.6) is 0 Å². The molecule has 0 saturated heterocycles. The van der Waals surface area contributed by atoms with Crippen molar-refractivity contribution in [3.63, 3.8) is 0 Å². The van der Waals surface area contributed by atoms with Gasteiger partial charge in [0.1, 0.15) is 0 Å². The van der Waals surface area contributed by atoms with Crippen molar-refractivity contribution in [3.05, 3.63) is 39.4 Å². The van der Waals surface area contributed by atoms with Gasteiger partial charge in [0.2, 0.25) is 0 Å². The fraction of sp³-hybridized carbons (Fsp3) is 0.417. The minimum Gasteiger partial charge on any atom is -0.338 e. The molecule has 0 spiro atoms. The molecule has 0 unspecified atom stereocenters. The molecule has 0 atom stereocenters. The molecule has 1 aromatic carbocycles. The van der Waals surface area contributed by atoms with Crippen LogP contribution in [0.15, 0.2) is 18.2 Å². The number of alkyl halides is 1. The van der Waals surface area contributed by atoms with Crippen molar-refractivity contribution in [1.29, 1.82) is 0 Å². The summed E-state index contributed by atoms with van der Waals surface area (Å²) < 4.78 is 0. The molecule has 0 aliphatic heterocycles. The first-order valence-electron chi connectivity index (χ1n) is 5.61. The van der Waals surface area contributed by atoms with E-state index >= 15 is 0 Å². The Bertz CT molecular complexity index is 463. The number of rotatable bonds is 5. The highest BCUT2D eigenvalue weighted by atomic mass is 79.9. The summed E-state index contributed by atoms with van der Waals surface area (Å²) in [6.07, 6.45) is 0. The second kappa shape index (κ2) is 6.49. The van der Waals surface area contributed by atoms with Gasteiger partial charge in [-0.15, -0.1) is 0 Å². The Labute approximate surface area is 114 Å². The van der Waals surface area contributed by atoms with E-state index in [9.17, 15) is 14.9 Å². The molecule has 0 fully saturated rings. The van der Waals surface area contributed by atoms with Crippen LogP contribution < -0.4 is 0 Å². The second-order valence-corrected chi connectivity index (χ2v) is 4.63. The third-order valence-corrected chi connectivity index (χ3v) is 3.03. The maximum Gasteiger partial charge on any atom is 0.273 e. The lowest BCUT2D eigenvalue weighted by atomic mass is 10.1. The van der Waals surface area contributed by atoms with Gasteiger partial charge in [-0.2, -0.15) is 0 Å². The number of aryl methyl sites for hydroxylation is 1. The van der Waals surface area contributed by atoms with Crippen molar-refractivity contribution in [2.45, 2.75) is 13.8 Å². The fourth-order valence-electron chi connectivity index (χ4n) is 1.63. The van der Waals surface area contributed by atoms with Crippen LogP contribution in [0.3, 0.4) is 0 Å². The van der Waals surface area contributed by atoms with Gasteiger partial charge < -0.3 is 4.90 Å². The summed E-state index contributed by atoms with van der Waals surface area (Å²) in [7, 11) is 0. The fourth-order valence-corrected chi connectivity index (χ4v) is 2.06. The number of hydrogen-bond donors (Lipinski definition) is 0. The van der Waals surface area contributed by atoms with Crippen LogP contribution in [-0.2, 0) is 0 Å². The van der Waals surface area contributed by atoms with Gasteiger partial charge in [0.25, 0.3) is 11.6 Å². The van der Waals surface area contributed by atoms with Crippen molar-refractivity contribution < 1.29 is 9.72 Å². The summed E-state index contributed by atoms with van der Waals surface area (Å²) in [4.78, 5) is 24.1. The van der Waals surface area contributed by atoms with Gasteiger partial charge in [-0.1, -0.05) is 22.0 Å². The van der Waals surface area contributed by atoms with Gasteiger partial charge in [-0.3, -0.25) is 14.9 Å². The number of hydrogen-bond acceptors (Lipinski definition) is 3. The van der Waals surface area contributed by atoms with Crippen LogP contribution in [0.2, 0.25) is 0 Å². The molecule has 1 rings (SSSR count). The van der Waals surface area contributed by atoms with Gasteiger partial charge in [-0.05, 0) is 19.9 Å². The molecular formula is C12H15BrN2O3. The smallest absolute Gasteiger partial charge is 0.273 e. The topological polar surface area (TPSA) is 63.5 Å². The van der Waals surface area contributed by atoms with E-state index in [1.807, 2.05) is 6.92 Å². The van der Waals surface area contributed by atoms with E-state index in [1.165, 1.54) is 6.07 Å². The molecule has 6 heteroatoms. The Balaban J connectivity index is 3.06. The van der Waals surface area contributed by atoms with E-state index in [0.717, 1.165) is 0 Å². The number of carbonyl (C=O) groups is 1. The monoisotopic (exact) mass is 314 g/mol. The minimum absolute atomic E-state index is 0.0178. The van der Waals surface area contributed by atoms with Crippen LogP contribution in [0, 0.1) is 17.0 Å². The maximum absolute atomic E-state index is 12.1. The minimum atomic E-state index is -0.465. The van der Waals surface area contributed by atoms with Crippen LogP contribution in [-0.4, -0.2) is 34.2 Å². The van der Waals surface area contributed by atoms with Crippen molar-refractivity contribution in [3.8, 4) is 0 Å². The molecule has 0 radical (unpaired) electrons. The first-order valence-corrected chi connectivity index (χ1v) is 6.73. The quantitative estimate of drug-likeness (QED) is 0.477. The average Bonchev–Trinajstić information content (AvgIpc) is 2.35. The van der Waals surface area contributed by atoms with Gasteiger partial charge in [0.15, 0.2) is 0 Å². The van der Waals surface area contributed by atoms with Gasteiger partial charge in [0.05, 0.1) is 4.92 Å². The van der Waals surface area contributed by atoms with Crippen molar-refractivity contribution in [2.24, 2.45) is 0 Å². The van der Waals surface area contributed by atoms with Crippen molar-refractivity contribution in [1.82, 2.24) is 4.90 Å². The second-order valence-electron chi connectivity index (χ2n) is 3.83. The predicted molar refractivity (Wildman–Crippen MR) is 73.2 cm³/mol. The van der Waals surface area contributed by atoms with Crippen molar-refractivity contribution in [2.75, 3.05) is 18.4 Å². The Hall–Kier alpha value is -1.43. The van der Waals surface area contributed by atoms with Crippen molar-refractivity contribution >= 4 is 27.5 Å². The van der Waals surface area contributed by atoms with E-state index in [2.05, 4.69) is 15.9 Å². The molecule has 98 valence electrons. The third-order valence-electron chi connectivity index (χ3n) is 2.68. The van der Waals surface area contributed by atoms with E-state index in [1.54, 1.807) is 24.0 Å². The number of benzene rings is 1. The highest BCUT2D eigenvalue weighted by molar-refractivity contribution is 9.09. The van der Waals surface area contributed by atoms with Gasteiger partial charge in [-0.25, -0.2) is 0 Å². The molecule has 18 heavy (non-hydrogen) atoms.